The van der Waals surface area contributed by atoms with E-state index in [1.807, 2.05) is 0 Å². The second-order valence-electron chi connectivity index (χ2n) is 5.06. The summed E-state index contributed by atoms with van der Waals surface area (Å²) in [6.07, 6.45) is 3.00. The Morgan fingerprint density at radius 3 is 2.68 bits per heavy atom. The quantitative estimate of drug-likeness (QED) is 0.718. The fraction of sp³-hybridized carbons (Fsp3) is 0.176. The molecule has 0 unspecified atom stereocenters. The largest absolute Gasteiger partial charge is 0.403 e. The molecule has 0 fully saturated rings. The second-order valence-corrected chi connectivity index (χ2v) is 5.06. The number of benzene rings is 2. The van der Waals surface area contributed by atoms with E-state index in [-0.39, 0.29) is 0 Å². The molecule has 0 aliphatic rings. The summed E-state index contributed by atoms with van der Waals surface area (Å²) in [4.78, 5) is 3.45. The highest BCUT2D eigenvalue weighted by atomic mass is 14.7. The number of allylic oxidation sites excluding steroid dienone is 1. The van der Waals surface area contributed by atoms with Crippen molar-refractivity contribution < 1.29 is 0 Å². The zero-order chi connectivity index (χ0) is 13.2. The molecule has 2 nitrogen and oxygen atoms in total. The van der Waals surface area contributed by atoms with Crippen molar-refractivity contribution in [2.45, 2.75) is 19.3 Å². The Balaban J connectivity index is 1.95. The number of hydrogen-bond acceptors (Lipinski definition) is 1. The maximum absolute atomic E-state index is 5.61. The number of fused-ring (bicyclic) bond motifs is 3. The molecule has 96 valence electrons. The summed E-state index contributed by atoms with van der Waals surface area (Å²) in [5.41, 5.74) is 10.1. The number of nitrogens with one attached hydrogen (secondary N) is 1. The van der Waals surface area contributed by atoms with Gasteiger partial charge in [0.1, 0.15) is 0 Å². The van der Waals surface area contributed by atoms with E-state index >= 15 is 0 Å². The first kappa shape index (κ1) is 11.8. The molecule has 0 aliphatic heterocycles. The number of nitrogens with two attached hydrogens (primary N) is 1. The van der Waals surface area contributed by atoms with Crippen LogP contribution in [0.25, 0.3) is 21.8 Å². The molecular formula is C17H18N2. The number of aromatic nitrogens is 1. The maximum Gasteiger partial charge on any atom is 0.0465 e. The molecule has 0 radical (unpaired) electrons. The zero-order valence-corrected chi connectivity index (χ0v) is 10.9. The van der Waals surface area contributed by atoms with Gasteiger partial charge < -0.3 is 10.7 Å². The van der Waals surface area contributed by atoms with Gasteiger partial charge in [0.05, 0.1) is 0 Å². The lowest BCUT2D eigenvalue weighted by atomic mass is 10.0. The Morgan fingerprint density at radius 1 is 1.05 bits per heavy atom. The van der Waals surface area contributed by atoms with Crippen LogP contribution in [0.5, 0.6) is 0 Å². The number of aryl methyl sites for hydroxylation is 1. The van der Waals surface area contributed by atoms with E-state index in [1.54, 1.807) is 0 Å². The zero-order valence-electron chi connectivity index (χ0n) is 10.9. The molecule has 0 saturated carbocycles. The van der Waals surface area contributed by atoms with Gasteiger partial charge in [-0.3, -0.25) is 0 Å². The van der Waals surface area contributed by atoms with Crippen LogP contribution in [0.1, 0.15) is 18.4 Å². The summed E-state index contributed by atoms with van der Waals surface area (Å²) < 4.78 is 0. The van der Waals surface area contributed by atoms with Gasteiger partial charge >= 0.3 is 0 Å². The van der Waals surface area contributed by atoms with Crippen molar-refractivity contribution in [2.24, 2.45) is 5.73 Å². The van der Waals surface area contributed by atoms with Gasteiger partial charge in [-0.1, -0.05) is 30.8 Å². The summed E-state index contributed by atoms with van der Waals surface area (Å²) in [6, 6.07) is 15.1. The summed E-state index contributed by atoms with van der Waals surface area (Å²) in [5, 5.41) is 2.60. The van der Waals surface area contributed by atoms with E-state index < -0.39 is 0 Å². The van der Waals surface area contributed by atoms with Gasteiger partial charge in [-0.05, 0) is 43.0 Å². The third-order valence-corrected chi connectivity index (χ3v) is 3.53. The SMILES string of the molecule is C=C(N)CCCc1ccc2[nH]c3ccccc3c2c1. The summed E-state index contributed by atoms with van der Waals surface area (Å²) in [6.45, 7) is 3.74. The summed E-state index contributed by atoms with van der Waals surface area (Å²) in [5.74, 6) is 0. The summed E-state index contributed by atoms with van der Waals surface area (Å²) >= 11 is 0. The number of H-pyrrole nitrogens is 1. The third kappa shape index (κ3) is 2.34. The Kier molecular flexibility index (Phi) is 3.00. The lowest BCUT2D eigenvalue weighted by Crippen LogP contribution is -1.95. The highest BCUT2D eigenvalue weighted by molar-refractivity contribution is 6.07. The van der Waals surface area contributed by atoms with Crippen LogP contribution in [-0.2, 0) is 6.42 Å². The van der Waals surface area contributed by atoms with Crippen LogP contribution in [0.2, 0.25) is 0 Å². The van der Waals surface area contributed by atoms with Crippen LogP contribution in [0, 0.1) is 0 Å². The highest BCUT2D eigenvalue weighted by Gasteiger charge is 2.04. The molecule has 0 aliphatic carbocycles. The van der Waals surface area contributed by atoms with Gasteiger partial charge in [0.2, 0.25) is 0 Å². The topological polar surface area (TPSA) is 41.8 Å². The maximum atomic E-state index is 5.61. The van der Waals surface area contributed by atoms with Crippen molar-refractivity contribution in [3.63, 3.8) is 0 Å². The minimum atomic E-state index is 0.771. The van der Waals surface area contributed by atoms with Crippen molar-refractivity contribution in [3.05, 3.63) is 60.3 Å². The van der Waals surface area contributed by atoms with Crippen LogP contribution in [0.3, 0.4) is 0 Å². The monoisotopic (exact) mass is 250 g/mol. The summed E-state index contributed by atoms with van der Waals surface area (Å²) in [7, 11) is 0. The van der Waals surface area contributed by atoms with Crippen LogP contribution in [-0.4, -0.2) is 4.98 Å². The third-order valence-electron chi connectivity index (χ3n) is 3.53. The van der Waals surface area contributed by atoms with Crippen LogP contribution in [0.4, 0.5) is 0 Å². The molecule has 3 rings (SSSR count). The van der Waals surface area contributed by atoms with E-state index in [2.05, 4.69) is 54.0 Å². The first-order chi connectivity index (χ1) is 9.24. The van der Waals surface area contributed by atoms with Crippen molar-refractivity contribution in [1.29, 1.82) is 0 Å². The van der Waals surface area contributed by atoms with Gasteiger partial charge in [-0.2, -0.15) is 0 Å². The molecule has 3 N–H and O–H groups in total. The highest BCUT2D eigenvalue weighted by Crippen LogP contribution is 2.26. The lowest BCUT2D eigenvalue weighted by molar-refractivity contribution is 0.808. The Labute approximate surface area is 112 Å². The molecule has 0 spiro atoms. The normalized spacial score (nSPS) is 11.2. The Morgan fingerprint density at radius 2 is 1.84 bits per heavy atom. The van der Waals surface area contributed by atoms with E-state index in [1.165, 1.54) is 27.4 Å². The standard InChI is InChI=1S/C17H18N2/c1-12(18)5-4-6-13-9-10-17-15(11-13)14-7-2-3-8-16(14)19-17/h2-3,7-11,19H,1,4-6,18H2. The molecule has 0 bridgehead atoms. The molecule has 19 heavy (non-hydrogen) atoms. The van der Waals surface area contributed by atoms with E-state index in [0.717, 1.165) is 25.0 Å². The second kappa shape index (κ2) is 4.81. The number of hydrogen-bond donors (Lipinski definition) is 2. The van der Waals surface area contributed by atoms with Gasteiger partial charge in [-0.15, -0.1) is 0 Å². The van der Waals surface area contributed by atoms with Crippen LogP contribution in [0.15, 0.2) is 54.7 Å². The molecule has 1 heterocycles. The average molecular weight is 250 g/mol. The predicted molar refractivity (Wildman–Crippen MR) is 82.1 cm³/mol. The first-order valence-electron chi connectivity index (χ1n) is 6.66. The van der Waals surface area contributed by atoms with Gasteiger partial charge in [0.25, 0.3) is 0 Å². The Bertz CT molecular complexity index is 737. The van der Waals surface area contributed by atoms with E-state index in [4.69, 9.17) is 5.73 Å². The van der Waals surface area contributed by atoms with E-state index in [9.17, 15) is 0 Å². The molecule has 2 heteroatoms. The molecule has 1 aromatic heterocycles. The minimum absolute atomic E-state index is 0.771. The molecule has 3 aromatic rings. The van der Waals surface area contributed by atoms with Gasteiger partial charge in [0, 0.05) is 27.5 Å². The molecule has 0 amide bonds. The minimum Gasteiger partial charge on any atom is -0.403 e. The predicted octanol–water partition coefficient (Wildman–Crippen LogP) is 4.12. The van der Waals surface area contributed by atoms with Crippen LogP contribution < -0.4 is 5.73 Å². The number of para-hydroxylation sites is 1. The molecule has 0 saturated heterocycles. The fourth-order valence-corrected chi connectivity index (χ4v) is 2.57. The van der Waals surface area contributed by atoms with Crippen molar-refractivity contribution in [3.8, 4) is 0 Å². The van der Waals surface area contributed by atoms with Crippen molar-refractivity contribution >= 4 is 21.8 Å². The van der Waals surface area contributed by atoms with Crippen molar-refractivity contribution in [2.75, 3.05) is 0 Å². The number of rotatable bonds is 4. The van der Waals surface area contributed by atoms with Gasteiger partial charge in [0.15, 0.2) is 0 Å². The molecule has 2 aromatic carbocycles. The first-order valence-corrected chi connectivity index (χ1v) is 6.66. The fourth-order valence-electron chi connectivity index (χ4n) is 2.57. The van der Waals surface area contributed by atoms with Crippen molar-refractivity contribution in [1.82, 2.24) is 4.98 Å². The Hall–Kier alpha value is -2.22. The van der Waals surface area contributed by atoms with Gasteiger partial charge in [-0.25, -0.2) is 0 Å². The van der Waals surface area contributed by atoms with Crippen LogP contribution >= 0.6 is 0 Å². The van der Waals surface area contributed by atoms with E-state index in [0.29, 0.717) is 0 Å². The average Bonchev–Trinajstić information content (AvgIpc) is 2.76. The lowest BCUT2D eigenvalue weighted by Gasteiger charge is -2.02. The number of aromatic amines is 1. The molecule has 0 atom stereocenters. The smallest absolute Gasteiger partial charge is 0.0465 e. The molecular weight excluding hydrogens is 232 g/mol.